The van der Waals surface area contributed by atoms with E-state index in [0.29, 0.717) is 12.0 Å². The van der Waals surface area contributed by atoms with Crippen LogP contribution in [0.2, 0.25) is 18.7 Å². The van der Waals surface area contributed by atoms with Crippen molar-refractivity contribution < 1.29 is 28.3 Å². The molecule has 3 rings (SSSR count). The predicted molar refractivity (Wildman–Crippen MR) is 100 cm³/mol. The maximum absolute atomic E-state index is 14.8. The number of benzene rings is 1. The van der Waals surface area contributed by atoms with Crippen LogP contribution in [0.15, 0.2) is 6.07 Å². The fraction of sp³-hybridized carbons (Fsp3) is 0.471. The van der Waals surface area contributed by atoms with Gasteiger partial charge in [0.25, 0.3) is 5.91 Å². The van der Waals surface area contributed by atoms with Crippen molar-refractivity contribution in [3.8, 4) is 0 Å². The molecule has 8 nitrogen and oxygen atoms in total. The minimum atomic E-state index is -0.747. The summed E-state index contributed by atoms with van der Waals surface area (Å²) in [6.07, 6.45) is -0.906. The van der Waals surface area contributed by atoms with Gasteiger partial charge in [-0.05, 0) is 6.07 Å². The zero-order valence-corrected chi connectivity index (χ0v) is 16.6. The van der Waals surface area contributed by atoms with Gasteiger partial charge in [0.15, 0.2) is 6.23 Å². The minimum Gasteiger partial charge on any atom is -0.453 e. The summed E-state index contributed by atoms with van der Waals surface area (Å²) >= 11 is 6.19. The number of hydrogen-bond acceptors (Lipinski definition) is 5. The Balaban J connectivity index is 0.000000878. The molecule has 1 unspecified atom stereocenters. The Bertz CT molecular complexity index is 770. The molecule has 0 bridgehead atoms. The molecular weight excluding hydrogens is 391 g/mol. The van der Waals surface area contributed by atoms with Gasteiger partial charge in [-0.2, -0.15) is 0 Å². The van der Waals surface area contributed by atoms with E-state index in [1.165, 1.54) is 18.1 Å². The van der Waals surface area contributed by atoms with Gasteiger partial charge in [-0.25, -0.2) is 19.5 Å². The van der Waals surface area contributed by atoms with Gasteiger partial charge >= 0.3 is 6.09 Å². The first kappa shape index (κ1) is 22.0. The molecule has 2 aliphatic heterocycles. The van der Waals surface area contributed by atoms with Crippen LogP contribution in [0.3, 0.4) is 0 Å². The largest absolute Gasteiger partial charge is 0.453 e. The molecule has 2 aliphatic rings. The highest BCUT2D eigenvalue weighted by Gasteiger charge is 2.39. The van der Waals surface area contributed by atoms with E-state index in [1.807, 2.05) is 20.9 Å². The van der Waals surface area contributed by atoms with Crippen molar-refractivity contribution in [1.29, 1.82) is 0 Å². The topological polar surface area (TPSA) is 97.0 Å². The summed E-state index contributed by atoms with van der Waals surface area (Å²) in [4.78, 5) is 41.4. The van der Waals surface area contributed by atoms with Crippen LogP contribution in [0.4, 0.5) is 9.18 Å². The highest BCUT2D eigenvalue weighted by atomic mass is 35.5. The lowest BCUT2D eigenvalue weighted by molar-refractivity contribution is -0.162. The molecule has 2 heterocycles. The van der Waals surface area contributed by atoms with Crippen LogP contribution in [0.25, 0.3) is 0 Å². The van der Waals surface area contributed by atoms with Crippen molar-refractivity contribution in [3.63, 3.8) is 0 Å². The first-order valence-corrected chi connectivity index (χ1v) is 9.02. The Morgan fingerprint density at radius 2 is 2.18 bits per heavy atom. The minimum absolute atomic E-state index is 0.0715. The van der Waals surface area contributed by atoms with E-state index < -0.39 is 24.0 Å². The Hall–Kier alpha value is -2.33. The summed E-state index contributed by atoms with van der Waals surface area (Å²) in [5, 5.41) is 2.56. The van der Waals surface area contributed by atoms with Crippen molar-refractivity contribution in [1.82, 2.24) is 15.7 Å². The zero-order chi connectivity index (χ0) is 20.8. The number of hydrogen-bond donors (Lipinski definition) is 2. The van der Waals surface area contributed by atoms with Crippen molar-refractivity contribution in [3.05, 3.63) is 33.6 Å². The van der Waals surface area contributed by atoms with E-state index in [2.05, 4.69) is 15.5 Å². The van der Waals surface area contributed by atoms with Gasteiger partial charge in [-0.15, -0.1) is 0 Å². The molecule has 1 radical (unpaired) electrons. The second-order valence-corrected chi connectivity index (χ2v) is 6.58. The third-order valence-corrected chi connectivity index (χ3v) is 4.42. The quantitative estimate of drug-likeness (QED) is 0.742. The van der Waals surface area contributed by atoms with Crippen molar-refractivity contribution in [2.24, 2.45) is 0 Å². The fourth-order valence-corrected chi connectivity index (χ4v) is 3.08. The Morgan fingerprint density at radius 3 is 2.75 bits per heavy atom. The number of nitrogens with zero attached hydrogens (tertiary/aromatic N) is 1. The summed E-state index contributed by atoms with van der Waals surface area (Å²) in [5.41, 5.74) is 2.50. The van der Waals surface area contributed by atoms with Crippen LogP contribution in [0.1, 0.15) is 34.3 Å². The molecule has 0 aromatic heterocycles. The summed E-state index contributed by atoms with van der Waals surface area (Å²) in [7, 11) is 3.19. The number of carbonyl (C=O) groups is 3. The molecular formula is C17H21BClFN3O5. The molecule has 28 heavy (non-hydrogen) atoms. The van der Waals surface area contributed by atoms with E-state index in [0.717, 1.165) is 0 Å². The van der Waals surface area contributed by atoms with Crippen molar-refractivity contribution in [2.75, 3.05) is 7.11 Å². The van der Waals surface area contributed by atoms with Gasteiger partial charge < -0.3 is 15.0 Å². The lowest BCUT2D eigenvalue weighted by atomic mass is 9.88. The van der Waals surface area contributed by atoms with Crippen molar-refractivity contribution >= 4 is 36.8 Å². The number of hydroxylamine groups is 1. The molecule has 0 aliphatic carbocycles. The second-order valence-electron chi connectivity index (χ2n) is 6.18. The lowest BCUT2D eigenvalue weighted by Gasteiger charge is -2.30. The smallest absolute Gasteiger partial charge is 0.407 e. The predicted octanol–water partition coefficient (Wildman–Crippen LogP) is 2.25. The van der Waals surface area contributed by atoms with Gasteiger partial charge in [0.05, 0.1) is 19.2 Å². The van der Waals surface area contributed by atoms with Gasteiger partial charge in [-0.3, -0.25) is 9.59 Å². The van der Waals surface area contributed by atoms with Gasteiger partial charge in [0, 0.05) is 35.5 Å². The third-order valence-electron chi connectivity index (χ3n) is 4.08. The second kappa shape index (κ2) is 9.74. The average molecular weight is 413 g/mol. The van der Waals surface area contributed by atoms with Crippen LogP contribution < -0.4 is 10.8 Å². The summed E-state index contributed by atoms with van der Waals surface area (Å²) < 4.78 is 19.2. The summed E-state index contributed by atoms with van der Waals surface area (Å²) in [6, 6.07) is 1.37. The van der Waals surface area contributed by atoms with E-state index in [9.17, 15) is 18.8 Å². The standard InChI is InChI=1S/C15H15ClFN3O5.C2H6B/c1-24-15(23)18-5-7-4-9(16)8-6-20(14(22)12(8)13(7)17)11-3-2-10(21)19-25-11;1-3-2/h4,11H,2-3,5-6H2,1H3,(H,18,23)(H,19,21);1-2H3. The van der Waals surface area contributed by atoms with Crippen LogP contribution in [-0.4, -0.2) is 43.4 Å². The van der Waals surface area contributed by atoms with Crippen LogP contribution in [-0.2, 0) is 27.5 Å². The molecule has 11 heteroatoms. The van der Waals surface area contributed by atoms with E-state index >= 15 is 0 Å². The molecule has 0 spiro atoms. The monoisotopic (exact) mass is 412 g/mol. The molecule has 1 aromatic carbocycles. The number of amides is 3. The number of alkyl carbamates (subject to hydrolysis) is 1. The number of fused-ring (bicyclic) bond motifs is 1. The Kier molecular flexibility index (Phi) is 7.65. The molecule has 151 valence electrons. The van der Waals surface area contributed by atoms with E-state index in [-0.39, 0.29) is 41.6 Å². The number of carbonyl (C=O) groups excluding carboxylic acids is 3. The number of nitrogens with one attached hydrogen (secondary N) is 2. The maximum Gasteiger partial charge on any atom is 0.407 e. The van der Waals surface area contributed by atoms with E-state index in [1.54, 1.807) is 0 Å². The third kappa shape index (κ3) is 4.74. The first-order chi connectivity index (χ1) is 13.3. The van der Waals surface area contributed by atoms with Gasteiger partial charge in [-0.1, -0.05) is 25.2 Å². The number of halogens is 2. The van der Waals surface area contributed by atoms with Crippen LogP contribution in [0.5, 0.6) is 0 Å². The van der Waals surface area contributed by atoms with Crippen molar-refractivity contribution in [2.45, 2.75) is 45.8 Å². The van der Waals surface area contributed by atoms with Crippen LogP contribution in [0, 0.1) is 5.82 Å². The van der Waals surface area contributed by atoms with Gasteiger partial charge in [0.2, 0.25) is 5.91 Å². The highest BCUT2D eigenvalue weighted by molar-refractivity contribution is 6.32. The Labute approximate surface area is 167 Å². The lowest BCUT2D eigenvalue weighted by Crippen LogP contribution is -2.46. The molecule has 1 saturated heterocycles. The number of ether oxygens (including phenoxy) is 1. The number of methoxy groups -OCH3 is 1. The summed E-state index contributed by atoms with van der Waals surface area (Å²) in [6.45, 7) is 3.91. The zero-order valence-electron chi connectivity index (χ0n) is 15.8. The van der Waals surface area contributed by atoms with Crippen LogP contribution >= 0.6 is 11.6 Å². The molecule has 1 fully saturated rings. The fourth-order valence-electron chi connectivity index (χ4n) is 2.80. The van der Waals surface area contributed by atoms with Gasteiger partial charge in [0.1, 0.15) is 13.1 Å². The molecule has 1 aromatic rings. The number of rotatable bonds is 3. The SMILES string of the molecule is COC(=O)NCc1cc(Cl)c2c(c1F)C(=O)N(C1CCC(=O)NO1)C2.C[B]C. The summed E-state index contributed by atoms with van der Waals surface area (Å²) in [5.74, 6) is -1.60. The molecule has 2 N–H and O–H groups in total. The van der Waals surface area contributed by atoms with E-state index in [4.69, 9.17) is 16.4 Å². The normalized spacial score (nSPS) is 17.9. The highest BCUT2D eigenvalue weighted by Crippen LogP contribution is 2.35. The molecule has 0 saturated carbocycles. The molecule has 3 amide bonds. The first-order valence-electron chi connectivity index (χ1n) is 8.65. The molecule has 1 atom stereocenters. The average Bonchev–Trinajstić information content (AvgIpc) is 3.02. The maximum atomic E-state index is 14.8. The Morgan fingerprint density at radius 1 is 1.50 bits per heavy atom.